The zero-order valence-corrected chi connectivity index (χ0v) is 17.6. The van der Waals surface area contributed by atoms with Crippen molar-refractivity contribution in [1.29, 1.82) is 0 Å². The van der Waals surface area contributed by atoms with Crippen LogP contribution in [-0.2, 0) is 6.61 Å². The fraction of sp³-hybridized carbons (Fsp3) is 0.0476. The first kappa shape index (κ1) is 20.2. The van der Waals surface area contributed by atoms with Gasteiger partial charge in [0.1, 0.15) is 18.2 Å². The Balaban J connectivity index is 1.54. The van der Waals surface area contributed by atoms with Gasteiger partial charge in [-0.05, 0) is 82.8 Å². The number of hydrogen-bond donors (Lipinski definition) is 2. The first-order valence-corrected chi connectivity index (χ1v) is 9.84. The highest BCUT2D eigenvalue weighted by molar-refractivity contribution is 14.1. The summed E-state index contributed by atoms with van der Waals surface area (Å²) in [6, 6.07) is 21.2. The Bertz CT molecular complexity index is 981. The number of amides is 1. The normalized spacial score (nSPS) is 10.2. The molecule has 3 aromatic carbocycles. The van der Waals surface area contributed by atoms with E-state index >= 15 is 0 Å². The van der Waals surface area contributed by atoms with Crippen LogP contribution in [0.25, 0.3) is 0 Å². The van der Waals surface area contributed by atoms with E-state index in [0.717, 1.165) is 9.13 Å². The zero-order chi connectivity index (χ0) is 19.9. The Hall–Kier alpha value is -2.52. The number of nitrogens with one attached hydrogen (secondary N) is 2. The van der Waals surface area contributed by atoms with Gasteiger partial charge >= 0.3 is 0 Å². The number of carbonyl (C=O) groups is 1. The smallest absolute Gasteiger partial charge is 0.257 e. The molecule has 0 bridgehead atoms. The topological polar surface area (TPSA) is 50.4 Å². The molecule has 2 N–H and O–H groups in total. The molecule has 28 heavy (non-hydrogen) atoms. The van der Waals surface area contributed by atoms with E-state index in [1.54, 1.807) is 36.4 Å². The molecule has 0 atom stereocenters. The molecule has 0 radical (unpaired) electrons. The van der Waals surface area contributed by atoms with Crippen LogP contribution in [0, 0.1) is 9.39 Å². The molecule has 0 saturated carbocycles. The van der Waals surface area contributed by atoms with Crippen molar-refractivity contribution in [2.24, 2.45) is 0 Å². The molecule has 142 valence electrons. The van der Waals surface area contributed by atoms with Gasteiger partial charge in [-0.3, -0.25) is 10.1 Å². The van der Waals surface area contributed by atoms with E-state index in [2.05, 4.69) is 10.6 Å². The van der Waals surface area contributed by atoms with Gasteiger partial charge in [-0.1, -0.05) is 30.3 Å². The Morgan fingerprint density at radius 1 is 1.04 bits per heavy atom. The third-order valence-electron chi connectivity index (χ3n) is 3.77. The summed E-state index contributed by atoms with van der Waals surface area (Å²) >= 11 is 7.10. The summed E-state index contributed by atoms with van der Waals surface area (Å²) in [4.78, 5) is 12.3. The molecule has 0 aliphatic heterocycles. The molecule has 3 rings (SSSR count). The number of hydrogen-bond acceptors (Lipinski definition) is 3. The third-order valence-corrected chi connectivity index (χ3v) is 4.65. The third kappa shape index (κ3) is 5.74. The van der Waals surface area contributed by atoms with Gasteiger partial charge in [-0.25, -0.2) is 4.39 Å². The van der Waals surface area contributed by atoms with Gasteiger partial charge in [-0.2, -0.15) is 0 Å². The summed E-state index contributed by atoms with van der Waals surface area (Å²) < 4.78 is 20.3. The van der Waals surface area contributed by atoms with Crippen LogP contribution in [0.1, 0.15) is 15.9 Å². The molecular weight excluding hydrogens is 490 g/mol. The average molecular weight is 506 g/mol. The Morgan fingerprint density at radius 2 is 1.75 bits per heavy atom. The van der Waals surface area contributed by atoms with E-state index in [4.69, 9.17) is 17.0 Å². The van der Waals surface area contributed by atoms with Gasteiger partial charge in [0, 0.05) is 9.13 Å². The highest BCUT2D eigenvalue weighted by Crippen LogP contribution is 2.17. The van der Waals surface area contributed by atoms with Crippen LogP contribution >= 0.6 is 34.8 Å². The fourth-order valence-electron chi connectivity index (χ4n) is 2.36. The summed E-state index contributed by atoms with van der Waals surface area (Å²) in [6.45, 7) is 0.446. The van der Waals surface area contributed by atoms with Crippen LogP contribution in [0.4, 0.5) is 10.1 Å². The summed E-state index contributed by atoms with van der Waals surface area (Å²) in [5, 5.41) is 5.24. The summed E-state index contributed by atoms with van der Waals surface area (Å²) in [5.74, 6) is -0.177. The number of rotatable bonds is 5. The maximum Gasteiger partial charge on any atom is 0.257 e. The monoisotopic (exact) mass is 506 g/mol. The second-order valence-corrected chi connectivity index (χ2v) is 7.48. The van der Waals surface area contributed by atoms with Crippen LogP contribution in [0.15, 0.2) is 72.8 Å². The lowest BCUT2D eigenvalue weighted by Crippen LogP contribution is -2.34. The van der Waals surface area contributed by atoms with E-state index in [9.17, 15) is 9.18 Å². The molecule has 0 aliphatic rings. The van der Waals surface area contributed by atoms with Gasteiger partial charge < -0.3 is 10.1 Å². The minimum absolute atomic E-state index is 0.0227. The quantitative estimate of drug-likeness (QED) is 0.372. The van der Waals surface area contributed by atoms with E-state index < -0.39 is 11.7 Å². The summed E-state index contributed by atoms with van der Waals surface area (Å²) in [7, 11) is 0. The SMILES string of the molecule is O=C(NC(=S)Nc1ccc(I)cc1F)c1ccc(OCc2ccccc2)cc1. The van der Waals surface area contributed by atoms with Crippen LogP contribution in [0.5, 0.6) is 5.75 Å². The standard InChI is InChI=1S/C21H16FIN2O2S/c22-18-12-16(23)8-11-19(18)24-21(28)25-20(26)15-6-9-17(10-7-15)27-13-14-4-2-1-3-5-14/h1-12H,13H2,(H2,24,25,26,28). The molecule has 0 unspecified atom stereocenters. The van der Waals surface area contributed by atoms with Crippen molar-refractivity contribution in [3.8, 4) is 5.75 Å². The van der Waals surface area contributed by atoms with Crippen molar-refractivity contribution in [3.63, 3.8) is 0 Å². The highest BCUT2D eigenvalue weighted by Gasteiger charge is 2.10. The predicted octanol–water partition coefficient (Wildman–Crippen LogP) is 5.14. The lowest BCUT2D eigenvalue weighted by molar-refractivity contribution is 0.0977. The zero-order valence-electron chi connectivity index (χ0n) is 14.6. The van der Waals surface area contributed by atoms with Gasteiger partial charge in [0.05, 0.1) is 5.69 Å². The second-order valence-electron chi connectivity index (χ2n) is 5.83. The van der Waals surface area contributed by atoms with Crippen LogP contribution in [0.3, 0.4) is 0 Å². The first-order chi connectivity index (χ1) is 13.5. The number of halogens is 2. The Morgan fingerprint density at radius 3 is 2.43 bits per heavy atom. The molecule has 0 fully saturated rings. The second kappa shape index (κ2) is 9.61. The first-order valence-electron chi connectivity index (χ1n) is 8.35. The van der Waals surface area contributed by atoms with E-state index in [1.807, 2.05) is 52.9 Å². The Kier molecular flexibility index (Phi) is 6.94. The molecule has 0 spiro atoms. The maximum absolute atomic E-state index is 13.9. The number of anilines is 1. The van der Waals surface area contributed by atoms with Gasteiger partial charge in [-0.15, -0.1) is 0 Å². The van der Waals surface area contributed by atoms with E-state index in [-0.39, 0.29) is 10.8 Å². The Labute approximate surface area is 181 Å². The maximum atomic E-state index is 13.9. The number of ether oxygens (including phenoxy) is 1. The lowest BCUT2D eigenvalue weighted by Gasteiger charge is -2.11. The molecule has 0 heterocycles. The van der Waals surface area contributed by atoms with E-state index in [1.165, 1.54) is 6.07 Å². The van der Waals surface area contributed by atoms with E-state index in [0.29, 0.717) is 17.9 Å². The van der Waals surface area contributed by atoms with Gasteiger partial charge in [0.25, 0.3) is 5.91 Å². The lowest BCUT2D eigenvalue weighted by atomic mass is 10.2. The van der Waals surface area contributed by atoms with Crippen molar-refractivity contribution in [2.45, 2.75) is 6.61 Å². The van der Waals surface area contributed by atoms with Gasteiger partial charge in [0.15, 0.2) is 5.11 Å². The molecule has 4 nitrogen and oxygen atoms in total. The van der Waals surface area contributed by atoms with Crippen LogP contribution in [-0.4, -0.2) is 11.0 Å². The van der Waals surface area contributed by atoms with Crippen molar-refractivity contribution in [1.82, 2.24) is 5.32 Å². The number of benzene rings is 3. The van der Waals surface area contributed by atoms with Crippen LogP contribution < -0.4 is 15.4 Å². The van der Waals surface area contributed by atoms with Crippen LogP contribution in [0.2, 0.25) is 0 Å². The molecule has 0 aliphatic carbocycles. The minimum atomic E-state index is -0.441. The fourth-order valence-corrected chi connectivity index (χ4v) is 3.02. The molecule has 3 aromatic rings. The highest BCUT2D eigenvalue weighted by atomic mass is 127. The van der Waals surface area contributed by atoms with Gasteiger partial charge in [0.2, 0.25) is 0 Å². The van der Waals surface area contributed by atoms with Crippen molar-refractivity contribution >= 4 is 51.5 Å². The summed E-state index contributed by atoms with van der Waals surface area (Å²) in [5.41, 5.74) is 1.68. The van der Waals surface area contributed by atoms with Crippen molar-refractivity contribution in [2.75, 3.05) is 5.32 Å². The van der Waals surface area contributed by atoms with Crippen molar-refractivity contribution < 1.29 is 13.9 Å². The summed E-state index contributed by atoms with van der Waals surface area (Å²) in [6.07, 6.45) is 0. The predicted molar refractivity (Wildman–Crippen MR) is 120 cm³/mol. The largest absolute Gasteiger partial charge is 0.489 e. The molecule has 7 heteroatoms. The number of carbonyl (C=O) groups excluding carboxylic acids is 1. The molecule has 0 saturated heterocycles. The number of thiocarbonyl (C=S) groups is 1. The average Bonchev–Trinajstić information content (AvgIpc) is 2.69. The minimum Gasteiger partial charge on any atom is -0.489 e. The van der Waals surface area contributed by atoms with Crippen molar-refractivity contribution in [3.05, 3.63) is 93.3 Å². The molecular formula is C21H16FIN2O2S. The molecule has 1 amide bonds. The molecule has 0 aromatic heterocycles.